The Morgan fingerprint density at radius 2 is 0.532 bits per heavy atom. The van der Waals surface area contributed by atoms with Crippen molar-refractivity contribution in [3.8, 4) is 0 Å². The molecule has 0 fully saturated rings. The molecule has 0 unspecified atom stereocenters. The van der Waals surface area contributed by atoms with Gasteiger partial charge in [-0.3, -0.25) is 14.4 Å². The lowest BCUT2D eigenvalue weighted by molar-refractivity contribution is -0.167. The van der Waals surface area contributed by atoms with E-state index in [-0.39, 0.29) is 31.1 Å². The third-order valence-electron chi connectivity index (χ3n) is 12.7. The molecule has 0 heterocycles. The van der Waals surface area contributed by atoms with Crippen LogP contribution in [0, 0.1) is 11.8 Å². The van der Waals surface area contributed by atoms with E-state index >= 15 is 0 Å². The topological polar surface area (TPSA) is 78.9 Å². The van der Waals surface area contributed by atoms with E-state index in [1.54, 1.807) is 0 Å². The fourth-order valence-corrected chi connectivity index (χ4v) is 8.52. The molecule has 62 heavy (non-hydrogen) atoms. The predicted molar refractivity (Wildman–Crippen MR) is 266 cm³/mol. The maximum absolute atomic E-state index is 12.8. The van der Waals surface area contributed by atoms with Gasteiger partial charge in [-0.15, -0.1) is 0 Å². The highest BCUT2D eigenvalue weighted by Crippen LogP contribution is 2.18. The van der Waals surface area contributed by atoms with E-state index in [0.29, 0.717) is 19.3 Å². The number of rotatable bonds is 50. The molecule has 0 saturated heterocycles. The molecule has 0 aromatic carbocycles. The first kappa shape index (κ1) is 60.4. The van der Waals surface area contributed by atoms with Crippen molar-refractivity contribution in [2.24, 2.45) is 11.8 Å². The van der Waals surface area contributed by atoms with Gasteiger partial charge in [0.1, 0.15) is 13.2 Å². The highest BCUT2D eigenvalue weighted by Gasteiger charge is 2.19. The van der Waals surface area contributed by atoms with E-state index in [4.69, 9.17) is 14.2 Å². The summed E-state index contributed by atoms with van der Waals surface area (Å²) in [6.45, 7) is 11.4. The molecule has 6 nitrogen and oxygen atoms in total. The quantitative estimate of drug-likeness (QED) is 0.0344. The maximum atomic E-state index is 12.8. The first-order valence-electron chi connectivity index (χ1n) is 27.7. The van der Waals surface area contributed by atoms with E-state index in [1.165, 1.54) is 199 Å². The summed E-state index contributed by atoms with van der Waals surface area (Å²) >= 11 is 0. The molecule has 0 spiro atoms. The monoisotopic (exact) mass is 877 g/mol. The normalized spacial score (nSPS) is 12.0. The fourth-order valence-electron chi connectivity index (χ4n) is 8.52. The summed E-state index contributed by atoms with van der Waals surface area (Å²) in [6, 6.07) is 0. The van der Waals surface area contributed by atoms with Crippen molar-refractivity contribution >= 4 is 17.9 Å². The summed E-state index contributed by atoms with van der Waals surface area (Å²) in [7, 11) is 0. The van der Waals surface area contributed by atoms with Crippen LogP contribution < -0.4 is 0 Å². The average Bonchev–Trinajstić information content (AvgIpc) is 3.24. The van der Waals surface area contributed by atoms with Crippen LogP contribution in [-0.4, -0.2) is 37.2 Å². The zero-order chi connectivity index (χ0) is 45.4. The first-order valence-corrected chi connectivity index (χ1v) is 27.7. The van der Waals surface area contributed by atoms with E-state index in [1.807, 2.05) is 0 Å². The molecule has 1 atom stereocenters. The standard InChI is InChI=1S/C56H108O6/c1-6-7-8-9-10-11-12-21-26-31-36-41-46-54(57)60-49-53(50-61-55(58)47-42-37-32-27-22-18-17-20-25-30-35-40-45-52(4)5)62-56(59)48-43-38-33-28-23-16-14-13-15-19-24-29-34-39-44-51(2)3/h51-53H,6-50H2,1-5H3/t53-/m1/s1. The second-order valence-electron chi connectivity index (χ2n) is 20.2. The summed E-state index contributed by atoms with van der Waals surface area (Å²) in [5.41, 5.74) is 0. The van der Waals surface area contributed by atoms with Crippen LogP contribution in [0.3, 0.4) is 0 Å². The highest BCUT2D eigenvalue weighted by atomic mass is 16.6. The third-order valence-corrected chi connectivity index (χ3v) is 12.7. The largest absolute Gasteiger partial charge is 0.462 e. The van der Waals surface area contributed by atoms with Crippen molar-refractivity contribution in [3.63, 3.8) is 0 Å². The molecule has 0 aliphatic heterocycles. The van der Waals surface area contributed by atoms with Crippen LogP contribution in [0.5, 0.6) is 0 Å². The molecule has 0 rings (SSSR count). The lowest BCUT2D eigenvalue weighted by Gasteiger charge is -2.18. The Balaban J connectivity index is 4.30. The molecule has 0 aromatic rings. The second-order valence-corrected chi connectivity index (χ2v) is 20.2. The number of hydrogen-bond donors (Lipinski definition) is 0. The Kier molecular flexibility index (Phi) is 47.6. The summed E-state index contributed by atoms with van der Waals surface area (Å²) < 4.78 is 16.9. The zero-order valence-electron chi connectivity index (χ0n) is 42.5. The molecule has 0 aromatic heterocycles. The van der Waals surface area contributed by atoms with E-state index < -0.39 is 6.10 Å². The lowest BCUT2D eigenvalue weighted by Crippen LogP contribution is -2.30. The van der Waals surface area contributed by atoms with Crippen LogP contribution >= 0.6 is 0 Å². The average molecular weight is 877 g/mol. The van der Waals surface area contributed by atoms with Gasteiger partial charge in [0.05, 0.1) is 0 Å². The van der Waals surface area contributed by atoms with Gasteiger partial charge in [0.15, 0.2) is 6.10 Å². The van der Waals surface area contributed by atoms with Crippen LogP contribution in [0.15, 0.2) is 0 Å². The number of esters is 3. The summed E-state index contributed by atoms with van der Waals surface area (Å²) in [5, 5.41) is 0. The van der Waals surface area contributed by atoms with Gasteiger partial charge in [-0.05, 0) is 31.1 Å². The van der Waals surface area contributed by atoms with Gasteiger partial charge in [0.2, 0.25) is 0 Å². The van der Waals surface area contributed by atoms with Crippen molar-refractivity contribution in [1.82, 2.24) is 0 Å². The van der Waals surface area contributed by atoms with Crippen LogP contribution in [0.2, 0.25) is 0 Å². The molecule has 368 valence electrons. The predicted octanol–water partition coefficient (Wildman–Crippen LogP) is 18.1. The van der Waals surface area contributed by atoms with Crippen molar-refractivity contribution in [2.75, 3.05) is 13.2 Å². The van der Waals surface area contributed by atoms with Gasteiger partial charge < -0.3 is 14.2 Å². The SMILES string of the molecule is CCCCCCCCCCCCCCC(=O)OC[C@H](COC(=O)CCCCCCCCCCCCCCC(C)C)OC(=O)CCCCCCCCCCCCCCCCC(C)C. The van der Waals surface area contributed by atoms with Crippen LogP contribution in [0.1, 0.15) is 311 Å². The Bertz CT molecular complexity index is 947. The molecule has 6 heteroatoms. The zero-order valence-corrected chi connectivity index (χ0v) is 42.5. The minimum Gasteiger partial charge on any atom is -0.462 e. The minimum absolute atomic E-state index is 0.0630. The fraction of sp³-hybridized carbons (Fsp3) is 0.946. The minimum atomic E-state index is -0.762. The Morgan fingerprint density at radius 3 is 0.790 bits per heavy atom. The number of unbranched alkanes of at least 4 members (excludes halogenated alkanes) is 35. The number of carbonyl (C=O) groups is 3. The Morgan fingerprint density at radius 1 is 0.306 bits per heavy atom. The van der Waals surface area contributed by atoms with Crippen molar-refractivity contribution in [1.29, 1.82) is 0 Å². The summed E-state index contributed by atoms with van der Waals surface area (Å²) in [4.78, 5) is 38.0. The Hall–Kier alpha value is -1.59. The molecule has 0 N–H and O–H groups in total. The van der Waals surface area contributed by atoms with Gasteiger partial charge in [0, 0.05) is 19.3 Å². The molecule has 0 bridgehead atoms. The number of ether oxygens (including phenoxy) is 3. The first-order chi connectivity index (χ1) is 30.2. The van der Waals surface area contributed by atoms with Gasteiger partial charge in [0.25, 0.3) is 0 Å². The smallest absolute Gasteiger partial charge is 0.306 e. The van der Waals surface area contributed by atoms with E-state index in [2.05, 4.69) is 34.6 Å². The molecule has 0 radical (unpaired) electrons. The Labute approximate surface area is 387 Å². The highest BCUT2D eigenvalue weighted by molar-refractivity contribution is 5.71. The molecule has 0 saturated carbocycles. The van der Waals surface area contributed by atoms with Crippen LogP contribution in [0.25, 0.3) is 0 Å². The molecular formula is C56H108O6. The summed E-state index contributed by atoms with van der Waals surface area (Å²) in [6.07, 6.45) is 50.9. The van der Waals surface area contributed by atoms with E-state index in [9.17, 15) is 14.4 Å². The molecule has 0 amide bonds. The van der Waals surface area contributed by atoms with Crippen molar-refractivity contribution in [2.45, 2.75) is 317 Å². The molecule has 0 aliphatic carbocycles. The molecule has 0 aliphatic rings. The summed E-state index contributed by atoms with van der Waals surface area (Å²) in [5.74, 6) is 0.835. The van der Waals surface area contributed by atoms with Crippen LogP contribution in [-0.2, 0) is 28.6 Å². The van der Waals surface area contributed by atoms with Gasteiger partial charge in [-0.25, -0.2) is 0 Å². The van der Waals surface area contributed by atoms with Gasteiger partial charge >= 0.3 is 17.9 Å². The number of carbonyl (C=O) groups excluding carboxylic acids is 3. The third kappa shape index (κ3) is 49.4. The molecular weight excluding hydrogens is 769 g/mol. The van der Waals surface area contributed by atoms with Crippen molar-refractivity contribution in [3.05, 3.63) is 0 Å². The maximum Gasteiger partial charge on any atom is 0.306 e. The lowest BCUT2D eigenvalue weighted by atomic mass is 10.0. The van der Waals surface area contributed by atoms with Gasteiger partial charge in [-0.1, -0.05) is 272 Å². The van der Waals surface area contributed by atoms with Crippen LogP contribution in [0.4, 0.5) is 0 Å². The van der Waals surface area contributed by atoms with Gasteiger partial charge in [-0.2, -0.15) is 0 Å². The van der Waals surface area contributed by atoms with E-state index in [0.717, 1.165) is 69.6 Å². The number of hydrogen-bond acceptors (Lipinski definition) is 6. The second kappa shape index (κ2) is 48.9. The van der Waals surface area contributed by atoms with Crippen molar-refractivity contribution < 1.29 is 28.6 Å².